The molecular formula is C19H22N2O3. The minimum Gasteiger partial charge on any atom is -0.494 e. The van der Waals surface area contributed by atoms with Gasteiger partial charge in [0, 0.05) is 18.0 Å². The van der Waals surface area contributed by atoms with Gasteiger partial charge in [-0.1, -0.05) is 24.3 Å². The van der Waals surface area contributed by atoms with Gasteiger partial charge >= 0.3 is 0 Å². The molecule has 1 aromatic rings. The molecule has 0 amide bonds. The van der Waals surface area contributed by atoms with E-state index in [1.54, 1.807) is 13.2 Å². The molecule has 0 aromatic heterocycles. The highest BCUT2D eigenvalue weighted by Gasteiger charge is 2.42. The molecule has 1 heterocycles. The summed E-state index contributed by atoms with van der Waals surface area (Å²) >= 11 is 0. The van der Waals surface area contributed by atoms with Crippen molar-refractivity contribution in [3.05, 3.63) is 52.1 Å². The Bertz CT molecular complexity index is 726. The number of benzene rings is 1. The Labute approximate surface area is 141 Å². The van der Waals surface area contributed by atoms with Crippen LogP contribution in [-0.2, 0) is 0 Å². The van der Waals surface area contributed by atoms with Crippen LogP contribution in [0.2, 0.25) is 0 Å². The molecule has 0 saturated heterocycles. The van der Waals surface area contributed by atoms with E-state index in [2.05, 4.69) is 29.6 Å². The van der Waals surface area contributed by atoms with E-state index in [1.165, 1.54) is 12.5 Å². The maximum Gasteiger partial charge on any atom is 0.273 e. The fourth-order valence-electron chi connectivity index (χ4n) is 4.57. The van der Waals surface area contributed by atoms with Crippen LogP contribution in [0.15, 0.2) is 36.4 Å². The van der Waals surface area contributed by atoms with Gasteiger partial charge in [0.05, 0.1) is 23.8 Å². The van der Waals surface area contributed by atoms with Gasteiger partial charge in [0.1, 0.15) is 5.75 Å². The van der Waals surface area contributed by atoms with Crippen molar-refractivity contribution >= 4 is 11.4 Å². The Kier molecular flexibility index (Phi) is 3.79. The maximum atomic E-state index is 11.3. The third kappa shape index (κ3) is 2.39. The molecular weight excluding hydrogens is 304 g/mol. The Morgan fingerprint density at radius 2 is 2.12 bits per heavy atom. The van der Waals surface area contributed by atoms with Crippen LogP contribution >= 0.6 is 0 Å². The summed E-state index contributed by atoms with van der Waals surface area (Å²) in [7, 11) is 1.58. The molecule has 126 valence electrons. The zero-order chi connectivity index (χ0) is 16.7. The van der Waals surface area contributed by atoms with Crippen LogP contribution < -0.4 is 10.1 Å². The van der Waals surface area contributed by atoms with Gasteiger partial charge in [-0.15, -0.1) is 0 Å². The molecule has 24 heavy (non-hydrogen) atoms. The van der Waals surface area contributed by atoms with Crippen LogP contribution in [0.1, 0.15) is 37.2 Å². The van der Waals surface area contributed by atoms with Crippen molar-refractivity contribution in [2.45, 2.75) is 37.6 Å². The van der Waals surface area contributed by atoms with E-state index in [4.69, 9.17) is 4.74 Å². The number of nitro benzene ring substituents is 1. The molecule has 1 aromatic carbocycles. The number of nitro groups is 1. The third-order valence-electron chi connectivity index (χ3n) is 5.71. The van der Waals surface area contributed by atoms with Crippen molar-refractivity contribution in [1.82, 2.24) is 0 Å². The number of rotatable bonds is 3. The number of anilines is 1. The molecule has 0 unspecified atom stereocenters. The Hall–Kier alpha value is -2.30. The summed E-state index contributed by atoms with van der Waals surface area (Å²) in [6, 6.07) is 3.63. The predicted octanol–water partition coefficient (Wildman–Crippen LogP) is 4.41. The van der Waals surface area contributed by atoms with Crippen molar-refractivity contribution in [3.63, 3.8) is 0 Å². The zero-order valence-corrected chi connectivity index (χ0v) is 13.8. The Morgan fingerprint density at radius 3 is 2.83 bits per heavy atom. The van der Waals surface area contributed by atoms with E-state index in [-0.39, 0.29) is 16.5 Å². The number of non-ortho nitro benzene ring substituents is 1. The second kappa shape index (κ2) is 5.96. The standard InChI is InChI=1S/C19H22N2O3/c1-24-17-11-13(21(22)23)10-16-14-8-5-9-15(14)18(20-19(16)17)12-6-3-2-4-7-12/h2-3,5,8,10-12,14-15,18,20H,4,6-7,9H2,1H3/t12-,14-,15+,18-/m1/s1. The largest absolute Gasteiger partial charge is 0.494 e. The minimum absolute atomic E-state index is 0.102. The fourth-order valence-corrected chi connectivity index (χ4v) is 4.57. The van der Waals surface area contributed by atoms with E-state index in [0.717, 1.165) is 30.5 Å². The summed E-state index contributed by atoms with van der Waals surface area (Å²) in [6.45, 7) is 0. The molecule has 0 radical (unpaired) electrons. The fraction of sp³-hybridized carbons (Fsp3) is 0.474. The normalized spacial score (nSPS) is 30.4. The van der Waals surface area contributed by atoms with Gasteiger partial charge in [-0.25, -0.2) is 0 Å². The van der Waals surface area contributed by atoms with Gasteiger partial charge in [0.15, 0.2) is 0 Å². The summed E-state index contributed by atoms with van der Waals surface area (Å²) in [5, 5.41) is 15.0. The monoisotopic (exact) mass is 326 g/mol. The highest BCUT2D eigenvalue weighted by atomic mass is 16.6. The molecule has 0 spiro atoms. The predicted molar refractivity (Wildman–Crippen MR) is 93.5 cm³/mol. The number of allylic oxidation sites excluding steroid dienone is 4. The first-order valence-electron chi connectivity index (χ1n) is 8.63. The van der Waals surface area contributed by atoms with Crippen molar-refractivity contribution in [2.24, 2.45) is 11.8 Å². The van der Waals surface area contributed by atoms with Crippen molar-refractivity contribution < 1.29 is 9.66 Å². The molecule has 4 rings (SSSR count). The maximum absolute atomic E-state index is 11.3. The van der Waals surface area contributed by atoms with E-state index >= 15 is 0 Å². The summed E-state index contributed by atoms with van der Waals surface area (Å²) in [6.07, 6.45) is 13.5. The van der Waals surface area contributed by atoms with Crippen LogP contribution in [0.3, 0.4) is 0 Å². The minimum atomic E-state index is -0.339. The number of nitrogens with one attached hydrogen (secondary N) is 1. The second-order valence-corrected chi connectivity index (χ2v) is 6.94. The summed E-state index contributed by atoms with van der Waals surface area (Å²) in [5.74, 6) is 1.90. The van der Waals surface area contributed by atoms with E-state index in [1.807, 2.05) is 0 Å². The average molecular weight is 326 g/mol. The van der Waals surface area contributed by atoms with Crippen LogP contribution in [0.4, 0.5) is 11.4 Å². The lowest BCUT2D eigenvalue weighted by atomic mass is 9.72. The van der Waals surface area contributed by atoms with Gasteiger partial charge in [-0.05, 0) is 43.1 Å². The lowest BCUT2D eigenvalue weighted by Gasteiger charge is -2.42. The summed E-state index contributed by atoms with van der Waals surface area (Å²) < 4.78 is 5.48. The Morgan fingerprint density at radius 1 is 1.25 bits per heavy atom. The van der Waals surface area contributed by atoms with Crippen LogP contribution in [0, 0.1) is 22.0 Å². The molecule has 1 aliphatic heterocycles. The van der Waals surface area contributed by atoms with Crippen molar-refractivity contribution in [1.29, 1.82) is 0 Å². The lowest BCUT2D eigenvalue weighted by molar-refractivity contribution is -0.385. The highest BCUT2D eigenvalue weighted by molar-refractivity contribution is 5.70. The molecule has 4 atom stereocenters. The highest BCUT2D eigenvalue weighted by Crippen LogP contribution is 2.51. The topological polar surface area (TPSA) is 64.4 Å². The summed E-state index contributed by atoms with van der Waals surface area (Å²) in [5.41, 5.74) is 2.04. The molecule has 1 N–H and O–H groups in total. The van der Waals surface area contributed by atoms with Gasteiger partial charge in [-0.2, -0.15) is 0 Å². The number of fused-ring (bicyclic) bond motifs is 3. The third-order valence-corrected chi connectivity index (χ3v) is 5.71. The quantitative estimate of drug-likeness (QED) is 0.507. The zero-order valence-electron chi connectivity index (χ0n) is 13.8. The number of methoxy groups -OCH3 is 1. The molecule has 0 bridgehead atoms. The summed E-state index contributed by atoms with van der Waals surface area (Å²) in [4.78, 5) is 10.9. The van der Waals surface area contributed by atoms with Gasteiger partial charge in [0.25, 0.3) is 5.69 Å². The number of hydrogen-bond acceptors (Lipinski definition) is 4. The molecule has 2 aliphatic carbocycles. The van der Waals surface area contributed by atoms with Gasteiger partial charge in [0.2, 0.25) is 0 Å². The average Bonchev–Trinajstić information content (AvgIpc) is 3.10. The molecule has 5 nitrogen and oxygen atoms in total. The number of nitrogens with zero attached hydrogens (tertiary/aromatic N) is 1. The van der Waals surface area contributed by atoms with Crippen LogP contribution in [0.25, 0.3) is 0 Å². The first kappa shape index (κ1) is 15.2. The number of hydrogen-bond donors (Lipinski definition) is 1. The molecule has 0 fully saturated rings. The molecule has 5 heteroatoms. The van der Waals surface area contributed by atoms with Gasteiger partial charge in [-0.3, -0.25) is 10.1 Å². The van der Waals surface area contributed by atoms with Gasteiger partial charge < -0.3 is 10.1 Å². The van der Waals surface area contributed by atoms with E-state index in [0.29, 0.717) is 23.6 Å². The van der Waals surface area contributed by atoms with E-state index < -0.39 is 0 Å². The smallest absolute Gasteiger partial charge is 0.273 e. The Balaban J connectivity index is 1.78. The lowest BCUT2D eigenvalue weighted by Crippen LogP contribution is -2.42. The van der Waals surface area contributed by atoms with Crippen LogP contribution in [-0.4, -0.2) is 18.1 Å². The van der Waals surface area contributed by atoms with Crippen molar-refractivity contribution in [3.8, 4) is 5.75 Å². The molecule has 0 saturated carbocycles. The van der Waals surface area contributed by atoms with Crippen LogP contribution in [0.5, 0.6) is 5.75 Å². The second-order valence-electron chi connectivity index (χ2n) is 6.94. The molecule has 3 aliphatic rings. The number of ether oxygens (including phenoxy) is 1. The SMILES string of the molecule is COc1cc([N+](=O)[O-])cc2c1N[C@H]([C@@H]1CC=CCC1)[C@H]1CC=C[C@@H]21. The van der Waals surface area contributed by atoms with Crippen molar-refractivity contribution in [2.75, 3.05) is 12.4 Å². The first-order valence-corrected chi connectivity index (χ1v) is 8.63. The first-order chi connectivity index (χ1) is 11.7. The van der Waals surface area contributed by atoms with E-state index in [9.17, 15) is 10.1 Å².